The van der Waals surface area contributed by atoms with Gasteiger partial charge in [-0.2, -0.15) is 5.10 Å². The van der Waals surface area contributed by atoms with Crippen LogP contribution < -0.4 is 15.5 Å². The minimum absolute atomic E-state index is 0.0378. The number of nitrogens with one attached hydrogen (secondary N) is 2. The number of hydrogen-bond acceptors (Lipinski definition) is 5. The van der Waals surface area contributed by atoms with Gasteiger partial charge < -0.3 is 15.2 Å². The zero-order chi connectivity index (χ0) is 19.6. The van der Waals surface area contributed by atoms with E-state index in [1.54, 1.807) is 36.4 Å². The smallest absolute Gasteiger partial charge is 0.259 e. The van der Waals surface area contributed by atoms with E-state index in [4.69, 9.17) is 4.74 Å². The van der Waals surface area contributed by atoms with Gasteiger partial charge in [-0.1, -0.05) is 22.9 Å². The summed E-state index contributed by atoms with van der Waals surface area (Å²) in [5.74, 6) is -0.134. The number of nitrogens with zero attached hydrogens (tertiary/aromatic N) is 1. The van der Waals surface area contributed by atoms with E-state index in [0.29, 0.717) is 23.5 Å². The van der Waals surface area contributed by atoms with E-state index in [0.717, 1.165) is 10.9 Å². The van der Waals surface area contributed by atoms with Crippen molar-refractivity contribution in [2.45, 2.75) is 13.3 Å². The van der Waals surface area contributed by atoms with Crippen LogP contribution in [0.3, 0.4) is 0 Å². The number of rotatable bonds is 8. The van der Waals surface area contributed by atoms with Gasteiger partial charge in [-0.25, -0.2) is 5.43 Å². The molecule has 2 amide bonds. The third-order valence-corrected chi connectivity index (χ3v) is 3.87. The lowest BCUT2D eigenvalue weighted by Gasteiger charge is -2.07. The number of carbonyl (C=O) groups excluding carboxylic acids is 2. The molecule has 0 aliphatic heterocycles. The van der Waals surface area contributed by atoms with E-state index in [9.17, 15) is 14.7 Å². The largest absolute Gasteiger partial charge is 0.507 e. The summed E-state index contributed by atoms with van der Waals surface area (Å²) in [6.07, 6.45) is 2.22. The summed E-state index contributed by atoms with van der Waals surface area (Å²) in [5, 5.41) is 15.9. The van der Waals surface area contributed by atoms with E-state index in [2.05, 4.69) is 31.8 Å². The van der Waals surface area contributed by atoms with Crippen LogP contribution in [0, 0.1) is 0 Å². The molecule has 0 bridgehead atoms. The average Bonchev–Trinajstić information content (AvgIpc) is 2.67. The highest BCUT2D eigenvalue weighted by Crippen LogP contribution is 2.19. The second-order valence-electron chi connectivity index (χ2n) is 5.55. The second-order valence-corrected chi connectivity index (χ2v) is 6.47. The highest BCUT2D eigenvalue weighted by molar-refractivity contribution is 9.10. The van der Waals surface area contributed by atoms with Gasteiger partial charge in [-0.3, -0.25) is 9.59 Å². The number of halogens is 1. The molecule has 0 fully saturated rings. The van der Waals surface area contributed by atoms with E-state index in [1.807, 2.05) is 6.92 Å². The Bertz CT molecular complexity index is 822. The summed E-state index contributed by atoms with van der Waals surface area (Å²) in [6, 6.07) is 11.5. The number of phenols is 1. The molecule has 0 heterocycles. The first kappa shape index (κ1) is 20.4. The lowest BCUT2D eigenvalue weighted by molar-refractivity contribution is -0.120. The van der Waals surface area contributed by atoms with Crippen LogP contribution in [0.5, 0.6) is 11.5 Å². The summed E-state index contributed by atoms with van der Waals surface area (Å²) in [4.78, 5) is 23.8. The van der Waals surface area contributed by atoms with E-state index >= 15 is 0 Å². The number of carbonyl (C=O) groups is 2. The van der Waals surface area contributed by atoms with E-state index < -0.39 is 5.91 Å². The molecular formula is C19H20BrN3O4. The van der Waals surface area contributed by atoms with Gasteiger partial charge in [-0.15, -0.1) is 0 Å². The molecule has 2 aromatic rings. The quantitative estimate of drug-likeness (QED) is 0.440. The van der Waals surface area contributed by atoms with E-state index in [-0.39, 0.29) is 18.2 Å². The molecule has 8 heteroatoms. The molecule has 0 saturated heterocycles. The molecule has 3 N–H and O–H groups in total. The van der Waals surface area contributed by atoms with Gasteiger partial charge in [0.05, 0.1) is 19.4 Å². The second kappa shape index (κ2) is 10.3. The van der Waals surface area contributed by atoms with Crippen LogP contribution in [0.15, 0.2) is 52.0 Å². The van der Waals surface area contributed by atoms with Gasteiger partial charge in [0.2, 0.25) is 0 Å². The fourth-order valence-corrected chi connectivity index (χ4v) is 2.41. The maximum absolute atomic E-state index is 12.0. The Kier molecular flexibility index (Phi) is 7.81. The van der Waals surface area contributed by atoms with Crippen molar-refractivity contribution in [3.63, 3.8) is 0 Å². The normalized spacial score (nSPS) is 10.6. The summed E-state index contributed by atoms with van der Waals surface area (Å²) in [5.41, 5.74) is 3.16. The number of amides is 2. The number of ether oxygens (including phenoxy) is 1. The van der Waals surface area contributed by atoms with Crippen molar-refractivity contribution in [2.75, 3.05) is 13.2 Å². The first-order valence-electron chi connectivity index (χ1n) is 8.31. The Morgan fingerprint density at radius 3 is 2.67 bits per heavy atom. The van der Waals surface area contributed by atoms with Crippen LogP contribution in [-0.2, 0) is 4.79 Å². The van der Waals surface area contributed by atoms with Gasteiger partial charge in [0.1, 0.15) is 11.5 Å². The van der Waals surface area contributed by atoms with Gasteiger partial charge in [-0.05, 0) is 48.9 Å². The van der Waals surface area contributed by atoms with Crippen molar-refractivity contribution in [1.29, 1.82) is 0 Å². The number of benzene rings is 2. The Balaban J connectivity index is 1.80. The minimum atomic E-state index is -0.489. The van der Waals surface area contributed by atoms with Crippen molar-refractivity contribution >= 4 is 34.0 Å². The minimum Gasteiger partial charge on any atom is -0.507 e. The van der Waals surface area contributed by atoms with Crippen molar-refractivity contribution in [2.24, 2.45) is 5.10 Å². The van der Waals surface area contributed by atoms with Crippen LogP contribution in [-0.4, -0.2) is 36.3 Å². The first-order chi connectivity index (χ1) is 13.0. The molecule has 2 aromatic carbocycles. The predicted molar refractivity (Wildman–Crippen MR) is 106 cm³/mol. The Hall–Kier alpha value is -2.87. The summed E-state index contributed by atoms with van der Waals surface area (Å²) >= 11 is 3.28. The maximum Gasteiger partial charge on any atom is 0.259 e. The standard InChI is InChI=1S/C19H20BrN3O4/c1-2-9-27-16-6-3-13(4-7-16)19(26)21-12-18(25)23-22-11-14-10-15(20)5-8-17(14)24/h3-8,10-11,24H,2,9,12H2,1H3,(H,21,26)(H,23,25)/b22-11-. The molecule has 0 radical (unpaired) electrons. The first-order valence-corrected chi connectivity index (χ1v) is 9.10. The molecule has 142 valence electrons. The Labute approximate surface area is 165 Å². The lowest BCUT2D eigenvalue weighted by Crippen LogP contribution is -2.34. The molecule has 2 rings (SSSR count). The topological polar surface area (TPSA) is 100 Å². The summed E-state index contributed by atoms with van der Waals surface area (Å²) in [7, 11) is 0. The molecule has 0 aliphatic carbocycles. The zero-order valence-electron chi connectivity index (χ0n) is 14.7. The number of aromatic hydroxyl groups is 1. The van der Waals surface area contributed by atoms with Crippen molar-refractivity contribution < 1.29 is 19.4 Å². The molecular weight excluding hydrogens is 414 g/mol. The van der Waals surface area contributed by atoms with Crippen LogP contribution in [0.1, 0.15) is 29.3 Å². The lowest BCUT2D eigenvalue weighted by atomic mass is 10.2. The third-order valence-electron chi connectivity index (χ3n) is 3.38. The molecule has 0 saturated carbocycles. The molecule has 27 heavy (non-hydrogen) atoms. The van der Waals surface area contributed by atoms with Crippen LogP contribution in [0.2, 0.25) is 0 Å². The molecule has 0 unspecified atom stereocenters. The van der Waals surface area contributed by atoms with Crippen molar-refractivity contribution in [1.82, 2.24) is 10.7 Å². The van der Waals surface area contributed by atoms with Gasteiger partial charge in [0, 0.05) is 15.6 Å². The number of phenolic OH excluding ortho intramolecular Hbond substituents is 1. The Morgan fingerprint density at radius 2 is 1.96 bits per heavy atom. The van der Waals surface area contributed by atoms with E-state index in [1.165, 1.54) is 12.3 Å². The third kappa shape index (κ3) is 6.74. The van der Waals surface area contributed by atoms with Crippen LogP contribution in [0.25, 0.3) is 0 Å². The number of hydrogen-bond donors (Lipinski definition) is 3. The monoisotopic (exact) mass is 433 g/mol. The molecule has 0 atom stereocenters. The number of hydrazone groups is 1. The van der Waals surface area contributed by atoms with Gasteiger partial charge in [0.15, 0.2) is 0 Å². The van der Waals surface area contributed by atoms with Crippen molar-refractivity contribution in [3.8, 4) is 11.5 Å². The molecule has 0 aromatic heterocycles. The van der Waals surface area contributed by atoms with Gasteiger partial charge >= 0.3 is 0 Å². The van der Waals surface area contributed by atoms with Crippen molar-refractivity contribution in [3.05, 3.63) is 58.1 Å². The highest BCUT2D eigenvalue weighted by Gasteiger charge is 2.08. The van der Waals surface area contributed by atoms with Crippen LogP contribution >= 0.6 is 15.9 Å². The Morgan fingerprint density at radius 1 is 1.22 bits per heavy atom. The SMILES string of the molecule is CCCOc1ccc(C(=O)NCC(=O)N/N=C\c2cc(Br)ccc2O)cc1. The molecule has 7 nitrogen and oxygen atoms in total. The summed E-state index contributed by atoms with van der Waals surface area (Å²) < 4.78 is 6.22. The van der Waals surface area contributed by atoms with Crippen LogP contribution in [0.4, 0.5) is 0 Å². The molecule has 0 spiro atoms. The zero-order valence-corrected chi connectivity index (χ0v) is 16.3. The fourth-order valence-electron chi connectivity index (χ4n) is 2.03. The predicted octanol–water partition coefficient (Wildman–Crippen LogP) is 2.82. The van der Waals surface area contributed by atoms with Gasteiger partial charge in [0.25, 0.3) is 11.8 Å². The molecule has 0 aliphatic rings. The summed E-state index contributed by atoms with van der Waals surface area (Å²) in [6.45, 7) is 2.40. The average molecular weight is 434 g/mol. The highest BCUT2D eigenvalue weighted by atomic mass is 79.9. The fraction of sp³-hybridized carbons (Fsp3) is 0.211. The maximum atomic E-state index is 12.0.